The summed E-state index contributed by atoms with van der Waals surface area (Å²) in [5.41, 5.74) is 0. The highest BCUT2D eigenvalue weighted by atomic mass is 19.3. The number of carbonyl (C=O) groups is 1. The number of rotatable bonds is 3. The zero-order valence-electron chi connectivity index (χ0n) is 5.58. The molecule has 1 nitrogen and oxygen atoms in total. The van der Waals surface area contributed by atoms with Crippen LogP contribution in [0.2, 0.25) is 0 Å². The molecule has 0 bridgehead atoms. The molecule has 54 valence electrons. The first-order chi connectivity index (χ1) is 4.00. The van der Waals surface area contributed by atoms with Gasteiger partial charge < -0.3 is 0 Å². The van der Waals surface area contributed by atoms with Crippen LogP contribution in [0.3, 0.4) is 0 Å². The quantitative estimate of drug-likeness (QED) is 0.580. The third-order valence-corrected chi connectivity index (χ3v) is 1.08. The first kappa shape index (κ1) is 8.53. The minimum absolute atomic E-state index is 0.331. The van der Waals surface area contributed by atoms with Crippen LogP contribution < -0.4 is 0 Å². The van der Waals surface area contributed by atoms with Gasteiger partial charge in [-0.25, -0.2) is 0 Å². The maximum atomic E-state index is 12.2. The Hall–Kier alpha value is -0.470. The smallest absolute Gasteiger partial charge is 0.293 e. The van der Waals surface area contributed by atoms with Gasteiger partial charge in [-0.3, -0.25) is 4.79 Å². The summed E-state index contributed by atoms with van der Waals surface area (Å²) < 4.78 is 24.4. The molecule has 0 N–H and O–H groups in total. The topological polar surface area (TPSA) is 17.1 Å². The molecule has 0 aliphatic heterocycles. The lowest BCUT2D eigenvalue weighted by Gasteiger charge is -2.09. The molecule has 0 saturated carbocycles. The maximum absolute atomic E-state index is 12.2. The number of ketones is 1. The van der Waals surface area contributed by atoms with Crippen molar-refractivity contribution < 1.29 is 13.6 Å². The SMILES string of the molecule is CCCC(F)(F)C(C)=O. The fourth-order valence-electron chi connectivity index (χ4n) is 0.490. The summed E-state index contributed by atoms with van der Waals surface area (Å²) >= 11 is 0. The third-order valence-electron chi connectivity index (χ3n) is 1.08. The van der Waals surface area contributed by atoms with E-state index in [1.165, 1.54) is 0 Å². The molecule has 0 aliphatic carbocycles. The van der Waals surface area contributed by atoms with E-state index in [9.17, 15) is 13.6 Å². The predicted molar refractivity (Wildman–Crippen MR) is 30.5 cm³/mol. The second-order valence-corrected chi connectivity index (χ2v) is 2.01. The van der Waals surface area contributed by atoms with Crippen LogP contribution in [-0.4, -0.2) is 11.7 Å². The van der Waals surface area contributed by atoms with Crippen molar-refractivity contribution in [1.29, 1.82) is 0 Å². The number of halogens is 2. The average Bonchev–Trinajstić information content (AvgIpc) is 1.65. The van der Waals surface area contributed by atoms with E-state index in [1.807, 2.05) is 0 Å². The largest absolute Gasteiger partial charge is 0.304 e. The van der Waals surface area contributed by atoms with E-state index in [1.54, 1.807) is 6.92 Å². The molecule has 0 aromatic rings. The predicted octanol–water partition coefficient (Wildman–Crippen LogP) is 2.01. The van der Waals surface area contributed by atoms with Crippen molar-refractivity contribution in [3.05, 3.63) is 0 Å². The van der Waals surface area contributed by atoms with Crippen LogP contribution in [0.4, 0.5) is 8.78 Å². The number of carbonyl (C=O) groups excluding carboxylic acids is 1. The summed E-state index contributed by atoms with van der Waals surface area (Å²) in [5, 5.41) is 0. The van der Waals surface area contributed by atoms with Gasteiger partial charge in [0.05, 0.1) is 0 Å². The van der Waals surface area contributed by atoms with Gasteiger partial charge >= 0.3 is 5.92 Å². The van der Waals surface area contributed by atoms with Crippen LogP contribution in [0.5, 0.6) is 0 Å². The number of hydrogen-bond acceptors (Lipinski definition) is 1. The highest BCUT2D eigenvalue weighted by molar-refractivity contribution is 5.82. The van der Waals surface area contributed by atoms with E-state index in [0.717, 1.165) is 6.92 Å². The summed E-state index contributed by atoms with van der Waals surface area (Å²) in [6.07, 6.45) is 0.00884. The molecule has 0 aliphatic rings. The summed E-state index contributed by atoms with van der Waals surface area (Å²) in [4.78, 5) is 10.1. The van der Waals surface area contributed by atoms with Crippen molar-refractivity contribution in [2.45, 2.75) is 32.6 Å². The van der Waals surface area contributed by atoms with Gasteiger partial charge in [-0.1, -0.05) is 6.92 Å². The Morgan fingerprint density at radius 2 is 2.00 bits per heavy atom. The Morgan fingerprint density at radius 3 is 2.11 bits per heavy atom. The highest BCUT2D eigenvalue weighted by Crippen LogP contribution is 2.20. The lowest BCUT2D eigenvalue weighted by atomic mass is 10.1. The molecule has 0 aromatic heterocycles. The van der Waals surface area contributed by atoms with Gasteiger partial charge in [0.25, 0.3) is 0 Å². The summed E-state index contributed by atoms with van der Waals surface area (Å²) in [7, 11) is 0. The Balaban J connectivity index is 3.85. The van der Waals surface area contributed by atoms with Crippen molar-refractivity contribution in [2.75, 3.05) is 0 Å². The molecule has 9 heavy (non-hydrogen) atoms. The molecule has 0 amide bonds. The van der Waals surface area contributed by atoms with E-state index in [2.05, 4.69) is 0 Å². The Morgan fingerprint density at radius 1 is 1.56 bits per heavy atom. The van der Waals surface area contributed by atoms with Gasteiger partial charge in [-0.05, 0) is 6.42 Å². The van der Waals surface area contributed by atoms with Gasteiger partial charge in [0.15, 0.2) is 5.78 Å². The molecule has 0 rings (SSSR count). The van der Waals surface area contributed by atoms with Crippen LogP contribution in [0.15, 0.2) is 0 Å². The zero-order valence-corrected chi connectivity index (χ0v) is 5.58. The van der Waals surface area contributed by atoms with Crippen LogP contribution in [0.1, 0.15) is 26.7 Å². The maximum Gasteiger partial charge on any atom is 0.304 e. The zero-order chi connectivity index (χ0) is 7.49. The van der Waals surface area contributed by atoms with Crippen LogP contribution in [0.25, 0.3) is 0 Å². The lowest BCUT2D eigenvalue weighted by Crippen LogP contribution is -2.25. The molecular formula is C6H10F2O. The monoisotopic (exact) mass is 136 g/mol. The van der Waals surface area contributed by atoms with Gasteiger partial charge in [0.1, 0.15) is 0 Å². The number of alkyl halides is 2. The Labute approximate surface area is 53.1 Å². The molecular weight excluding hydrogens is 126 g/mol. The molecule has 0 unspecified atom stereocenters. The molecule has 0 spiro atoms. The first-order valence-corrected chi connectivity index (χ1v) is 2.89. The van der Waals surface area contributed by atoms with Gasteiger partial charge in [0.2, 0.25) is 0 Å². The lowest BCUT2D eigenvalue weighted by molar-refractivity contribution is -0.141. The average molecular weight is 136 g/mol. The van der Waals surface area contributed by atoms with Crippen molar-refractivity contribution >= 4 is 5.78 Å². The second-order valence-electron chi connectivity index (χ2n) is 2.01. The molecule has 3 heteroatoms. The molecule has 0 saturated heterocycles. The third kappa shape index (κ3) is 2.54. The first-order valence-electron chi connectivity index (χ1n) is 2.89. The number of Topliss-reactive ketones (excluding diaryl/α,β-unsaturated/α-hetero) is 1. The fraction of sp³-hybridized carbons (Fsp3) is 0.833. The highest BCUT2D eigenvalue weighted by Gasteiger charge is 2.33. The Bertz CT molecular complexity index is 110. The van der Waals surface area contributed by atoms with Gasteiger partial charge in [-0.2, -0.15) is 8.78 Å². The minimum Gasteiger partial charge on any atom is -0.293 e. The van der Waals surface area contributed by atoms with Crippen LogP contribution in [-0.2, 0) is 4.79 Å². The van der Waals surface area contributed by atoms with Crippen molar-refractivity contribution in [2.24, 2.45) is 0 Å². The van der Waals surface area contributed by atoms with Crippen molar-refractivity contribution in [1.82, 2.24) is 0 Å². The normalized spacial score (nSPS) is 11.6. The van der Waals surface area contributed by atoms with E-state index >= 15 is 0 Å². The Kier molecular flexibility index (Phi) is 2.74. The van der Waals surface area contributed by atoms with E-state index in [-0.39, 0.29) is 6.42 Å². The fourth-order valence-corrected chi connectivity index (χ4v) is 0.490. The van der Waals surface area contributed by atoms with E-state index in [0.29, 0.717) is 6.42 Å². The standard InChI is InChI=1S/C6H10F2O/c1-3-4-6(7,8)5(2)9/h3-4H2,1-2H3. The van der Waals surface area contributed by atoms with Crippen molar-refractivity contribution in [3.8, 4) is 0 Å². The summed E-state index contributed by atoms with van der Waals surface area (Å²) in [6, 6.07) is 0. The second kappa shape index (κ2) is 2.90. The van der Waals surface area contributed by atoms with E-state index < -0.39 is 11.7 Å². The molecule has 0 aromatic carbocycles. The van der Waals surface area contributed by atoms with Crippen LogP contribution in [0, 0.1) is 0 Å². The molecule has 0 fully saturated rings. The molecule has 0 atom stereocenters. The van der Waals surface area contributed by atoms with Gasteiger partial charge in [0, 0.05) is 13.3 Å². The van der Waals surface area contributed by atoms with Gasteiger partial charge in [-0.15, -0.1) is 0 Å². The summed E-state index contributed by atoms with van der Waals surface area (Å²) in [6.45, 7) is 2.53. The van der Waals surface area contributed by atoms with Crippen molar-refractivity contribution in [3.63, 3.8) is 0 Å². The minimum atomic E-state index is -3.09. The molecule has 0 radical (unpaired) electrons. The van der Waals surface area contributed by atoms with E-state index in [4.69, 9.17) is 0 Å². The molecule has 0 heterocycles. The number of hydrogen-bond donors (Lipinski definition) is 0. The summed E-state index contributed by atoms with van der Waals surface area (Å²) in [5.74, 6) is -4.13. The van der Waals surface area contributed by atoms with Crippen LogP contribution >= 0.6 is 0 Å².